The van der Waals surface area contributed by atoms with Crippen molar-refractivity contribution >= 4 is 11.0 Å². The largest absolute Gasteiger partial charge is 0.393 e. The van der Waals surface area contributed by atoms with E-state index in [1.807, 2.05) is 23.7 Å². The van der Waals surface area contributed by atoms with Gasteiger partial charge < -0.3 is 9.67 Å². The van der Waals surface area contributed by atoms with Gasteiger partial charge in [0.2, 0.25) is 0 Å². The van der Waals surface area contributed by atoms with Crippen molar-refractivity contribution in [3.05, 3.63) is 29.6 Å². The molecule has 0 fully saturated rings. The molecule has 88 valence electrons. The maximum atomic E-state index is 9.29. The van der Waals surface area contributed by atoms with Crippen molar-refractivity contribution in [2.75, 3.05) is 0 Å². The van der Waals surface area contributed by atoms with E-state index in [-0.39, 0.29) is 6.10 Å². The van der Waals surface area contributed by atoms with Gasteiger partial charge in [-0.1, -0.05) is 6.07 Å². The zero-order valence-corrected chi connectivity index (χ0v) is 10.0. The summed E-state index contributed by atoms with van der Waals surface area (Å²) in [4.78, 5) is 4.48. The van der Waals surface area contributed by atoms with E-state index < -0.39 is 0 Å². The average molecular weight is 229 g/mol. The maximum absolute atomic E-state index is 9.29. The minimum Gasteiger partial charge on any atom is -0.393 e. The zero-order chi connectivity index (χ0) is 12.4. The van der Waals surface area contributed by atoms with Crippen LogP contribution in [0.25, 0.3) is 11.0 Å². The molecule has 1 atom stereocenters. The van der Waals surface area contributed by atoms with Gasteiger partial charge in [-0.25, -0.2) is 4.98 Å². The molecule has 2 aromatic rings. The summed E-state index contributed by atoms with van der Waals surface area (Å²) in [6.07, 6.45) is 1.07. The molecule has 0 spiro atoms. The predicted molar refractivity (Wildman–Crippen MR) is 65.4 cm³/mol. The number of para-hydroxylation sites is 1. The van der Waals surface area contributed by atoms with Gasteiger partial charge in [-0.3, -0.25) is 0 Å². The fourth-order valence-corrected chi connectivity index (χ4v) is 1.91. The molecule has 1 N–H and O–H groups in total. The van der Waals surface area contributed by atoms with Crippen LogP contribution in [0.2, 0.25) is 0 Å². The second-order valence-electron chi connectivity index (χ2n) is 4.26. The lowest BCUT2D eigenvalue weighted by atomic mass is 10.2. The Balaban J connectivity index is 2.46. The van der Waals surface area contributed by atoms with E-state index in [1.54, 1.807) is 13.0 Å². The molecule has 0 aliphatic rings. The number of imidazole rings is 1. The summed E-state index contributed by atoms with van der Waals surface area (Å²) in [6, 6.07) is 7.74. The molecule has 17 heavy (non-hydrogen) atoms. The summed E-state index contributed by atoms with van der Waals surface area (Å²) in [5.74, 6) is 0.906. The fraction of sp³-hybridized carbons (Fsp3) is 0.385. The molecule has 0 saturated carbocycles. The number of hydrogen-bond acceptors (Lipinski definition) is 3. The van der Waals surface area contributed by atoms with Crippen LogP contribution in [0.3, 0.4) is 0 Å². The van der Waals surface area contributed by atoms with Crippen molar-refractivity contribution in [2.45, 2.75) is 25.9 Å². The second kappa shape index (κ2) is 4.56. The maximum Gasteiger partial charge on any atom is 0.109 e. The number of fused-ring (bicyclic) bond motifs is 1. The number of aliphatic hydroxyl groups is 1. The third kappa shape index (κ3) is 2.15. The molecule has 1 aromatic carbocycles. The van der Waals surface area contributed by atoms with Gasteiger partial charge in [0.1, 0.15) is 17.4 Å². The number of aromatic nitrogens is 2. The SMILES string of the molecule is CC(O)CCc1nc2c(C#N)cccc2n1C. The monoisotopic (exact) mass is 229 g/mol. The standard InChI is InChI=1S/C13H15N3O/c1-9(17)6-7-12-15-13-10(8-14)4-3-5-11(13)16(12)2/h3-5,9,17H,6-7H2,1-2H3. The van der Waals surface area contributed by atoms with Crippen LogP contribution in [-0.2, 0) is 13.5 Å². The minimum atomic E-state index is -0.328. The topological polar surface area (TPSA) is 61.8 Å². The van der Waals surface area contributed by atoms with Gasteiger partial charge in [0.05, 0.1) is 17.2 Å². The van der Waals surface area contributed by atoms with Gasteiger partial charge in [-0.05, 0) is 25.5 Å². The molecule has 2 rings (SSSR count). The van der Waals surface area contributed by atoms with Crippen LogP contribution < -0.4 is 0 Å². The van der Waals surface area contributed by atoms with Crippen LogP contribution in [0.15, 0.2) is 18.2 Å². The van der Waals surface area contributed by atoms with E-state index >= 15 is 0 Å². The average Bonchev–Trinajstić information content (AvgIpc) is 2.64. The second-order valence-corrected chi connectivity index (χ2v) is 4.26. The van der Waals surface area contributed by atoms with Gasteiger partial charge in [-0.2, -0.15) is 5.26 Å². The highest BCUT2D eigenvalue weighted by atomic mass is 16.3. The lowest BCUT2D eigenvalue weighted by molar-refractivity contribution is 0.184. The van der Waals surface area contributed by atoms with Crippen molar-refractivity contribution in [3.63, 3.8) is 0 Å². The smallest absolute Gasteiger partial charge is 0.109 e. The molecular formula is C13H15N3O. The van der Waals surface area contributed by atoms with E-state index in [2.05, 4.69) is 11.1 Å². The number of aryl methyl sites for hydroxylation is 2. The molecule has 1 aromatic heterocycles. The Bertz CT molecular complexity index is 578. The number of nitrogens with zero attached hydrogens (tertiary/aromatic N) is 3. The first-order chi connectivity index (χ1) is 8.13. The van der Waals surface area contributed by atoms with Gasteiger partial charge in [0, 0.05) is 13.5 Å². The predicted octanol–water partition coefficient (Wildman–Crippen LogP) is 1.76. The molecule has 4 nitrogen and oxygen atoms in total. The summed E-state index contributed by atoms with van der Waals surface area (Å²) in [7, 11) is 1.94. The molecule has 0 aliphatic heterocycles. The van der Waals surface area contributed by atoms with E-state index in [9.17, 15) is 5.11 Å². The number of aliphatic hydroxyl groups excluding tert-OH is 1. The Kier molecular flexibility index (Phi) is 3.12. The summed E-state index contributed by atoms with van der Waals surface area (Å²) < 4.78 is 1.98. The Labute approximate surface area is 100 Å². The van der Waals surface area contributed by atoms with Crippen LogP contribution in [0.4, 0.5) is 0 Å². The Morgan fingerprint density at radius 3 is 2.94 bits per heavy atom. The first kappa shape index (κ1) is 11.6. The summed E-state index contributed by atoms with van der Waals surface area (Å²) in [6.45, 7) is 1.77. The van der Waals surface area contributed by atoms with Crippen molar-refractivity contribution in [1.29, 1.82) is 5.26 Å². The molecule has 4 heteroatoms. The van der Waals surface area contributed by atoms with Crippen LogP contribution in [-0.4, -0.2) is 20.8 Å². The fourth-order valence-electron chi connectivity index (χ4n) is 1.91. The highest BCUT2D eigenvalue weighted by molar-refractivity contribution is 5.82. The Morgan fingerprint density at radius 1 is 1.53 bits per heavy atom. The third-order valence-corrected chi connectivity index (χ3v) is 2.91. The van der Waals surface area contributed by atoms with E-state index in [4.69, 9.17) is 5.26 Å². The van der Waals surface area contributed by atoms with Gasteiger partial charge >= 0.3 is 0 Å². The Hall–Kier alpha value is -1.86. The summed E-state index contributed by atoms with van der Waals surface area (Å²) in [5, 5.41) is 18.3. The molecular weight excluding hydrogens is 214 g/mol. The molecule has 0 amide bonds. The van der Waals surface area contributed by atoms with Crippen molar-refractivity contribution in [3.8, 4) is 6.07 Å². The minimum absolute atomic E-state index is 0.328. The highest BCUT2D eigenvalue weighted by Gasteiger charge is 2.11. The van der Waals surface area contributed by atoms with Crippen molar-refractivity contribution in [2.24, 2.45) is 7.05 Å². The summed E-state index contributed by atoms with van der Waals surface area (Å²) in [5.41, 5.74) is 2.31. The first-order valence-corrected chi connectivity index (χ1v) is 5.66. The number of benzene rings is 1. The van der Waals surface area contributed by atoms with E-state index in [0.29, 0.717) is 18.4 Å². The first-order valence-electron chi connectivity index (χ1n) is 5.66. The number of nitriles is 1. The van der Waals surface area contributed by atoms with E-state index in [0.717, 1.165) is 16.9 Å². The molecule has 1 unspecified atom stereocenters. The number of rotatable bonds is 3. The summed E-state index contributed by atoms with van der Waals surface area (Å²) >= 11 is 0. The molecule has 1 heterocycles. The lowest BCUT2D eigenvalue weighted by Gasteiger charge is -2.04. The van der Waals surface area contributed by atoms with Gasteiger partial charge in [0.15, 0.2) is 0 Å². The van der Waals surface area contributed by atoms with Crippen molar-refractivity contribution in [1.82, 2.24) is 9.55 Å². The Morgan fingerprint density at radius 2 is 2.29 bits per heavy atom. The third-order valence-electron chi connectivity index (χ3n) is 2.91. The lowest BCUT2D eigenvalue weighted by Crippen LogP contribution is -2.05. The van der Waals surface area contributed by atoms with Crippen LogP contribution >= 0.6 is 0 Å². The highest BCUT2D eigenvalue weighted by Crippen LogP contribution is 2.19. The quantitative estimate of drug-likeness (QED) is 0.872. The van der Waals surface area contributed by atoms with Gasteiger partial charge in [0.25, 0.3) is 0 Å². The number of hydrogen-bond donors (Lipinski definition) is 1. The van der Waals surface area contributed by atoms with Crippen molar-refractivity contribution < 1.29 is 5.11 Å². The zero-order valence-electron chi connectivity index (χ0n) is 10.0. The van der Waals surface area contributed by atoms with Crippen LogP contribution in [0.5, 0.6) is 0 Å². The normalized spacial score (nSPS) is 12.6. The van der Waals surface area contributed by atoms with E-state index in [1.165, 1.54) is 0 Å². The van der Waals surface area contributed by atoms with Crippen LogP contribution in [0, 0.1) is 11.3 Å². The molecule has 0 saturated heterocycles. The molecule has 0 bridgehead atoms. The van der Waals surface area contributed by atoms with Gasteiger partial charge in [-0.15, -0.1) is 0 Å². The molecule has 0 radical (unpaired) electrons. The molecule has 0 aliphatic carbocycles. The van der Waals surface area contributed by atoms with Crippen LogP contribution in [0.1, 0.15) is 24.7 Å².